The van der Waals surface area contributed by atoms with Crippen LogP contribution in [0.5, 0.6) is 0 Å². The highest BCUT2D eigenvalue weighted by Gasteiger charge is 2.14. The van der Waals surface area contributed by atoms with Gasteiger partial charge in [0.15, 0.2) is 0 Å². The Morgan fingerprint density at radius 2 is 1.91 bits per heavy atom. The predicted octanol–water partition coefficient (Wildman–Crippen LogP) is 4.71. The molecule has 112 valence electrons. The predicted molar refractivity (Wildman–Crippen MR) is 90.8 cm³/mol. The van der Waals surface area contributed by atoms with Gasteiger partial charge in [-0.3, -0.25) is 4.98 Å². The third-order valence-electron chi connectivity index (χ3n) is 4.22. The molecule has 0 fully saturated rings. The molecule has 0 aromatic carbocycles. The first-order valence-electron chi connectivity index (χ1n) is 7.69. The van der Waals surface area contributed by atoms with Crippen LogP contribution in [0.2, 0.25) is 0 Å². The Bertz CT molecular complexity index is 774. The number of rotatable bonds is 5. The molecule has 3 aromatic heterocycles. The summed E-state index contributed by atoms with van der Waals surface area (Å²) in [5.74, 6) is 0.985. The lowest BCUT2D eigenvalue weighted by molar-refractivity contribution is 0.571. The molecule has 3 heteroatoms. The molecule has 2 unspecified atom stereocenters. The van der Waals surface area contributed by atoms with E-state index >= 15 is 0 Å². The molecule has 0 N–H and O–H groups in total. The Hall–Kier alpha value is -2.42. The summed E-state index contributed by atoms with van der Waals surface area (Å²) in [6, 6.07) is 8.34. The summed E-state index contributed by atoms with van der Waals surface area (Å²) in [5.41, 5.74) is 4.79. The van der Waals surface area contributed by atoms with Crippen molar-refractivity contribution in [3.8, 4) is 11.1 Å². The average molecular weight is 291 g/mol. The maximum absolute atomic E-state index is 4.53. The van der Waals surface area contributed by atoms with E-state index in [9.17, 15) is 0 Å². The summed E-state index contributed by atoms with van der Waals surface area (Å²) in [5, 5.41) is 4.53. The van der Waals surface area contributed by atoms with Gasteiger partial charge < -0.3 is 0 Å². The maximum Gasteiger partial charge on any atom is 0.0696 e. The van der Waals surface area contributed by atoms with Gasteiger partial charge >= 0.3 is 0 Å². The van der Waals surface area contributed by atoms with Crippen molar-refractivity contribution in [2.75, 3.05) is 0 Å². The van der Waals surface area contributed by atoms with Crippen molar-refractivity contribution in [3.05, 3.63) is 67.3 Å². The molecule has 0 aliphatic carbocycles. The number of pyridine rings is 2. The van der Waals surface area contributed by atoms with Crippen molar-refractivity contribution < 1.29 is 0 Å². The highest BCUT2D eigenvalue weighted by Crippen LogP contribution is 2.28. The molecule has 0 bridgehead atoms. The maximum atomic E-state index is 4.53. The Morgan fingerprint density at radius 1 is 1.14 bits per heavy atom. The van der Waals surface area contributed by atoms with Gasteiger partial charge in [0.25, 0.3) is 0 Å². The minimum absolute atomic E-state index is 0.470. The number of hydrogen-bond donors (Lipinski definition) is 0. The van der Waals surface area contributed by atoms with Gasteiger partial charge in [-0.25, -0.2) is 4.52 Å². The SMILES string of the molecule is C=CC(C)CC(C)c1cnn2cc(-c3ccncc3)ccc12. The van der Waals surface area contributed by atoms with Gasteiger partial charge in [0.2, 0.25) is 0 Å². The third kappa shape index (κ3) is 2.80. The van der Waals surface area contributed by atoms with Gasteiger partial charge in [-0.2, -0.15) is 5.10 Å². The van der Waals surface area contributed by atoms with Crippen molar-refractivity contribution in [2.24, 2.45) is 5.92 Å². The molecule has 0 aliphatic heterocycles. The molecule has 3 heterocycles. The van der Waals surface area contributed by atoms with Gasteiger partial charge in [-0.05, 0) is 42.0 Å². The van der Waals surface area contributed by atoms with Crippen LogP contribution >= 0.6 is 0 Å². The summed E-state index contributed by atoms with van der Waals surface area (Å²) < 4.78 is 1.97. The number of fused-ring (bicyclic) bond motifs is 1. The van der Waals surface area contributed by atoms with E-state index in [1.165, 1.54) is 11.1 Å². The molecular formula is C19H21N3. The first-order valence-corrected chi connectivity index (χ1v) is 7.69. The van der Waals surface area contributed by atoms with Gasteiger partial charge in [0, 0.05) is 29.7 Å². The summed E-state index contributed by atoms with van der Waals surface area (Å²) in [6.07, 6.45) is 10.8. The molecule has 0 spiro atoms. The highest BCUT2D eigenvalue weighted by molar-refractivity contribution is 5.66. The van der Waals surface area contributed by atoms with Crippen LogP contribution < -0.4 is 0 Å². The minimum atomic E-state index is 0.470. The van der Waals surface area contributed by atoms with E-state index in [0.717, 1.165) is 17.5 Å². The van der Waals surface area contributed by atoms with E-state index < -0.39 is 0 Å². The minimum Gasteiger partial charge on any atom is -0.265 e. The lowest BCUT2D eigenvalue weighted by atomic mass is 9.92. The van der Waals surface area contributed by atoms with E-state index in [1.54, 1.807) is 0 Å². The largest absolute Gasteiger partial charge is 0.265 e. The second kappa shape index (κ2) is 6.14. The second-order valence-electron chi connectivity index (χ2n) is 5.93. The molecule has 22 heavy (non-hydrogen) atoms. The summed E-state index contributed by atoms with van der Waals surface area (Å²) >= 11 is 0. The molecule has 0 aliphatic rings. The van der Waals surface area contributed by atoms with Crippen molar-refractivity contribution in [1.29, 1.82) is 0 Å². The van der Waals surface area contributed by atoms with E-state index in [4.69, 9.17) is 0 Å². The van der Waals surface area contributed by atoms with Crippen LogP contribution in [-0.4, -0.2) is 14.6 Å². The van der Waals surface area contributed by atoms with Crippen molar-refractivity contribution in [2.45, 2.75) is 26.2 Å². The van der Waals surface area contributed by atoms with E-state index in [0.29, 0.717) is 11.8 Å². The summed E-state index contributed by atoms with van der Waals surface area (Å²) in [6.45, 7) is 8.34. The molecule has 0 amide bonds. The zero-order chi connectivity index (χ0) is 15.5. The van der Waals surface area contributed by atoms with Crippen LogP contribution in [0, 0.1) is 5.92 Å². The molecule has 3 rings (SSSR count). The van der Waals surface area contributed by atoms with Gasteiger partial charge in [0.05, 0.1) is 11.7 Å². The molecule has 0 saturated heterocycles. The van der Waals surface area contributed by atoms with Crippen LogP contribution in [0.4, 0.5) is 0 Å². The zero-order valence-electron chi connectivity index (χ0n) is 13.1. The van der Waals surface area contributed by atoms with Crippen LogP contribution in [0.1, 0.15) is 31.7 Å². The lowest BCUT2D eigenvalue weighted by Crippen LogP contribution is -1.99. The Labute approximate surface area is 131 Å². The molecular weight excluding hydrogens is 270 g/mol. The Kier molecular flexibility index (Phi) is 4.05. The molecule has 0 radical (unpaired) electrons. The molecule has 2 atom stereocenters. The highest BCUT2D eigenvalue weighted by atomic mass is 15.2. The second-order valence-corrected chi connectivity index (χ2v) is 5.93. The van der Waals surface area contributed by atoms with Crippen LogP contribution in [0.15, 0.2) is 61.7 Å². The monoisotopic (exact) mass is 291 g/mol. The number of allylic oxidation sites excluding steroid dienone is 1. The van der Waals surface area contributed by atoms with Crippen molar-refractivity contribution >= 4 is 5.52 Å². The molecule has 3 aromatic rings. The van der Waals surface area contributed by atoms with E-state index in [2.05, 4.69) is 48.8 Å². The molecule has 3 nitrogen and oxygen atoms in total. The van der Waals surface area contributed by atoms with Crippen LogP contribution in [0.25, 0.3) is 16.6 Å². The van der Waals surface area contributed by atoms with Gasteiger partial charge in [-0.15, -0.1) is 6.58 Å². The fraction of sp³-hybridized carbons (Fsp3) is 0.263. The van der Waals surface area contributed by atoms with Gasteiger partial charge in [-0.1, -0.05) is 26.0 Å². The fourth-order valence-electron chi connectivity index (χ4n) is 2.88. The third-order valence-corrected chi connectivity index (χ3v) is 4.22. The molecule has 0 saturated carbocycles. The van der Waals surface area contributed by atoms with Crippen LogP contribution in [0.3, 0.4) is 0 Å². The Morgan fingerprint density at radius 3 is 2.64 bits per heavy atom. The zero-order valence-corrected chi connectivity index (χ0v) is 13.1. The number of aromatic nitrogens is 3. The lowest BCUT2D eigenvalue weighted by Gasteiger charge is -2.13. The van der Waals surface area contributed by atoms with Gasteiger partial charge in [0.1, 0.15) is 0 Å². The smallest absolute Gasteiger partial charge is 0.0696 e. The first kappa shape index (κ1) is 14.5. The Balaban J connectivity index is 1.94. The number of hydrogen-bond acceptors (Lipinski definition) is 2. The normalized spacial score (nSPS) is 13.9. The standard InChI is InChI=1S/C19H21N3/c1-4-14(2)11-15(3)18-12-21-22-13-17(5-6-19(18)22)16-7-9-20-10-8-16/h4-10,12-15H,1,11H2,2-3H3. The summed E-state index contributed by atoms with van der Waals surface area (Å²) in [4.78, 5) is 4.07. The van der Waals surface area contributed by atoms with Crippen molar-refractivity contribution in [1.82, 2.24) is 14.6 Å². The average Bonchev–Trinajstić information content (AvgIpc) is 2.98. The van der Waals surface area contributed by atoms with E-state index in [1.807, 2.05) is 41.3 Å². The quantitative estimate of drug-likeness (QED) is 0.637. The number of nitrogens with zero attached hydrogens (tertiary/aromatic N) is 3. The van der Waals surface area contributed by atoms with Crippen LogP contribution in [-0.2, 0) is 0 Å². The van der Waals surface area contributed by atoms with Crippen molar-refractivity contribution in [3.63, 3.8) is 0 Å². The summed E-state index contributed by atoms with van der Waals surface area (Å²) in [7, 11) is 0. The first-order chi connectivity index (χ1) is 10.7. The van der Waals surface area contributed by atoms with E-state index in [-0.39, 0.29) is 0 Å². The fourth-order valence-corrected chi connectivity index (χ4v) is 2.88. The topological polar surface area (TPSA) is 30.2 Å².